The third kappa shape index (κ3) is 49.9. The summed E-state index contributed by atoms with van der Waals surface area (Å²) in [5.74, 6) is -0.626. The Bertz CT molecular complexity index is 1460. The van der Waals surface area contributed by atoms with E-state index < -0.39 is 26.6 Å². The van der Waals surface area contributed by atoms with Crippen molar-refractivity contribution in [3.8, 4) is 0 Å². The number of nitrogens with zero attached hydrogens (tertiary/aromatic N) is 1. The van der Waals surface area contributed by atoms with Gasteiger partial charge in [0.05, 0.1) is 33.8 Å². The van der Waals surface area contributed by atoms with Gasteiger partial charge in [0.25, 0.3) is 7.82 Å². The number of rotatable bonds is 49. The van der Waals surface area contributed by atoms with Crippen LogP contribution in [0.2, 0.25) is 0 Å². The smallest absolute Gasteiger partial charge is 0.306 e. The van der Waals surface area contributed by atoms with Crippen LogP contribution in [0, 0.1) is 0 Å². The SMILES string of the molecule is CCCCC/C=C\C/C=C\C/C=C\C/C=C\CCCC(=O)NC(COP(=O)([O-])OCC[N+](C)(C)C)C(/C=C/CCCCCCCCCCC)OC(=O)CCCCCCCC/C=C/C=C/CCCCC. The summed E-state index contributed by atoms with van der Waals surface area (Å²) < 4.78 is 30.1. The lowest BCUT2D eigenvalue weighted by Gasteiger charge is -2.30. The van der Waals surface area contributed by atoms with Crippen molar-refractivity contribution in [3.63, 3.8) is 0 Å². The van der Waals surface area contributed by atoms with Gasteiger partial charge >= 0.3 is 5.97 Å². The third-order valence-corrected chi connectivity index (χ3v) is 12.8. The van der Waals surface area contributed by atoms with Crippen LogP contribution in [0.5, 0.6) is 0 Å². The third-order valence-electron chi connectivity index (χ3n) is 11.8. The van der Waals surface area contributed by atoms with Gasteiger partial charge in [0.2, 0.25) is 5.91 Å². The Hall–Kier alpha value is -2.81. The lowest BCUT2D eigenvalue weighted by atomic mass is 10.1. The second-order valence-electron chi connectivity index (χ2n) is 19.8. The Kier molecular flexibility index (Phi) is 46.8. The molecule has 0 rings (SSSR count). The molecule has 0 heterocycles. The van der Waals surface area contributed by atoms with Crippen LogP contribution in [0.1, 0.15) is 226 Å². The van der Waals surface area contributed by atoms with Crippen LogP contribution in [0.4, 0.5) is 0 Å². The first kappa shape index (κ1) is 66.2. The molecule has 0 aliphatic rings. The normalized spacial score (nSPS) is 14.5. The van der Waals surface area contributed by atoms with Gasteiger partial charge in [-0.2, -0.15) is 0 Å². The van der Waals surface area contributed by atoms with Gasteiger partial charge in [-0.25, -0.2) is 0 Å². The van der Waals surface area contributed by atoms with E-state index in [1.165, 1.54) is 89.9 Å². The number of carbonyl (C=O) groups is 2. The number of carbonyl (C=O) groups excluding carboxylic acids is 2. The molecule has 3 atom stereocenters. The fraction of sp³-hybridized carbons (Fsp3) is 0.729. The first-order chi connectivity index (χ1) is 33.4. The van der Waals surface area contributed by atoms with Crippen molar-refractivity contribution in [1.82, 2.24) is 5.32 Å². The summed E-state index contributed by atoms with van der Waals surface area (Å²) in [7, 11) is 1.13. The van der Waals surface area contributed by atoms with Gasteiger partial charge in [-0.05, 0) is 96.0 Å². The van der Waals surface area contributed by atoms with Crippen LogP contribution in [0.3, 0.4) is 0 Å². The largest absolute Gasteiger partial charge is 0.756 e. The number of amides is 1. The van der Waals surface area contributed by atoms with Crippen molar-refractivity contribution in [2.24, 2.45) is 0 Å². The molecule has 10 heteroatoms. The highest BCUT2D eigenvalue weighted by atomic mass is 31.2. The maximum atomic E-state index is 13.4. The molecule has 9 nitrogen and oxygen atoms in total. The van der Waals surface area contributed by atoms with Crippen molar-refractivity contribution < 1.29 is 37.3 Å². The number of hydrogen-bond acceptors (Lipinski definition) is 7. The van der Waals surface area contributed by atoms with E-state index in [1.54, 1.807) is 6.08 Å². The Labute approximate surface area is 425 Å². The number of ether oxygens (including phenoxy) is 1. The molecule has 0 saturated carbocycles. The minimum absolute atomic E-state index is 0.0380. The molecular weight excluding hydrogens is 880 g/mol. The number of hydrogen-bond donors (Lipinski definition) is 1. The predicted octanol–water partition coefficient (Wildman–Crippen LogP) is 16.0. The van der Waals surface area contributed by atoms with Crippen molar-refractivity contribution in [2.45, 2.75) is 238 Å². The summed E-state index contributed by atoms with van der Waals surface area (Å²) in [6.07, 6.45) is 62.7. The minimum Gasteiger partial charge on any atom is -0.756 e. The molecule has 1 amide bonds. The first-order valence-electron chi connectivity index (χ1n) is 27.9. The molecule has 0 aliphatic heterocycles. The van der Waals surface area contributed by atoms with E-state index in [2.05, 4.69) is 99.0 Å². The fourth-order valence-corrected chi connectivity index (χ4v) is 8.17. The number of quaternary nitrogens is 1. The van der Waals surface area contributed by atoms with E-state index in [1.807, 2.05) is 27.2 Å². The zero-order valence-corrected chi connectivity index (χ0v) is 46.1. The quantitative estimate of drug-likeness (QED) is 0.0161. The summed E-state index contributed by atoms with van der Waals surface area (Å²) in [4.78, 5) is 39.8. The highest BCUT2D eigenvalue weighted by Gasteiger charge is 2.27. The fourth-order valence-electron chi connectivity index (χ4n) is 7.44. The number of phosphoric acid groups is 1. The number of unbranched alkanes of at least 4 members (excludes halogenated alkanes) is 22. The Balaban J connectivity index is 5.47. The second-order valence-corrected chi connectivity index (χ2v) is 21.2. The molecular formula is C59H105N2O7P. The van der Waals surface area contributed by atoms with Gasteiger partial charge in [0, 0.05) is 12.8 Å². The molecule has 1 N–H and O–H groups in total. The van der Waals surface area contributed by atoms with Crippen LogP contribution in [-0.2, 0) is 27.9 Å². The number of esters is 1. The van der Waals surface area contributed by atoms with Gasteiger partial charge in [-0.15, -0.1) is 0 Å². The molecule has 0 saturated heterocycles. The number of phosphoric ester groups is 1. The molecule has 0 bridgehead atoms. The van der Waals surface area contributed by atoms with E-state index >= 15 is 0 Å². The van der Waals surface area contributed by atoms with Crippen molar-refractivity contribution >= 4 is 19.7 Å². The lowest BCUT2D eigenvalue weighted by molar-refractivity contribution is -0.870. The maximum Gasteiger partial charge on any atom is 0.306 e. The van der Waals surface area contributed by atoms with Crippen molar-refractivity contribution in [1.29, 1.82) is 0 Å². The van der Waals surface area contributed by atoms with E-state index in [-0.39, 0.29) is 31.3 Å². The summed E-state index contributed by atoms with van der Waals surface area (Å²) in [6.45, 7) is 6.70. The molecule has 0 aromatic rings. The average molecular weight is 985 g/mol. The highest BCUT2D eigenvalue weighted by molar-refractivity contribution is 7.45. The summed E-state index contributed by atoms with van der Waals surface area (Å²) >= 11 is 0. The topological polar surface area (TPSA) is 114 Å². The molecule has 3 unspecified atom stereocenters. The van der Waals surface area contributed by atoms with Crippen LogP contribution < -0.4 is 10.2 Å². The van der Waals surface area contributed by atoms with Crippen LogP contribution >= 0.6 is 7.82 Å². The van der Waals surface area contributed by atoms with E-state index in [9.17, 15) is 19.0 Å². The molecule has 0 spiro atoms. The van der Waals surface area contributed by atoms with Gasteiger partial charge in [0.15, 0.2) is 0 Å². The van der Waals surface area contributed by atoms with Crippen LogP contribution in [0.25, 0.3) is 0 Å². The Morgan fingerprint density at radius 1 is 0.522 bits per heavy atom. The molecule has 0 aliphatic carbocycles. The Morgan fingerprint density at radius 3 is 1.46 bits per heavy atom. The number of allylic oxidation sites excluding steroid dienone is 13. The van der Waals surface area contributed by atoms with Crippen LogP contribution in [-0.4, -0.2) is 69.4 Å². The number of likely N-dealkylation sites (N-methyl/N-ethyl adjacent to an activating group) is 1. The van der Waals surface area contributed by atoms with E-state index in [0.717, 1.165) is 89.9 Å². The van der Waals surface area contributed by atoms with Gasteiger partial charge in [-0.1, -0.05) is 202 Å². The van der Waals surface area contributed by atoms with Gasteiger partial charge in [0.1, 0.15) is 19.3 Å². The molecule has 398 valence electrons. The molecule has 0 aromatic carbocycles. The number of nitrogens with one attached hydrogen (secondary N) is 1. The van der Waals surface area contributed by atoms with E-state index in [0.29, 0.717) is 23.9 Å². The summed E-state index contributed by atoms with van der Waals surface area (Å²) in [5.41, 5.74) is 0. The monoisotopic (exact) mass is 985 g/mol. The predicted molar refractivity (Wildman–Crippen MR) is 293 cm³/mol. The lowest BCUT2D eigenvalue weighted by Crippen LogP contribution is -2.47. The summed E-state index contributed by atoms with van der Waals surface area (Å²) in [6, 6.07) is -0.924. The second kappa shape index (κ2) is 48.8. The molecule has 0 aromatic heterocycles. The van der Waals surface area contributed by atoms with Crippen molar-refractivity contribution in [3.05, 3.63) is 85.1 Å². The zero-order valence-electron chi connectivity index (χ0n) is 45.2. The molecule has 0 fully saturated rings. The van der Waals surface area contributed by atoms with Crippen molar-refractivity contribution in [2.75, 3.05) is 40.9 Å². The average Bonchev–Trinajstić information content (AvgIpc) is 3.31. The standard InChI is InChI=1S/C59H105N2O7P/c1-7-10-13-16-19-22-25-27-29-30-32-33-36-39-42-45-48-51-58(62)60-56(55-67-69(64,65)66-54-53-61(4,5)6)57(50-47-44-41-38-35-24-21-18-15-12-9-3)68-59(63)52-49-46-43-40-37-34-31-28-26-23-20-17-14-11-8-2/h19-20,22-23,26-29,32-33,39,42,47,50,56-57H,7-18,21,24-25,30-31,34-38,40-41,43-46,48-49,51-55H2,1-6H3,(H-,60,62,64,65)/b22-19-,23-20+,28-26+,29-27-,33-32-,42-39-,50-47+. The summed E-state index contributed by atoms with van der Waals surface area (Å²) in [5, 5.41) is 2.98. The minimum atomic E-state index is -4.71. The molecule has 69 heavy (non-hydrogen) atoms. The van der Waals surface area contributed by atoms with Crippen LogP contribution in [0.15, 0.2) is 85.1 Å². The van der Waals surface area contributed by atoms with E-state index in [4.69, 9.17) is 13.8 Å². The Morgan fingerprint density at radius 2 is 0.942 bits per heavy atom. The zero-order chi connectivity index (χ0) is 50.8. The van der Waals surface area contributed by atoms with Gasteiger partial charge in [-0.3, -0.25) is 14.2 Å². The first-order valence-corrected chi connectivity index (χ1v) is 29.4. The van der Waals surface area contributed by atoms with Gasteiger partial charge < -0.3 is 28.5 Å². The molecule has 0 radical (unpaired) electrons. The maximum absolute atomic E-state index is 13.4. The highest BCUT2D eigenvalue weighted by Crippen LogP contribution is 2.38.